The van der Waals surface area contributed by atoms with Crippen LogP contribution in [0.5, 0.6) is 11.5 Å². The Labute approximate surface area is 127 Å². The molecular weight excluding hydrogens is 268 g/mol. The molecule has 5 heteroatoms. The molecule has 118 valence electrons. The Hall–Kier alpha value is -1.75. The Kier molecular flexibility index (Phi) is 6.49. The summed E-state index contributed by atoms with van der Waals surface area (Å²) in [4.78, 5) is 13.8. The first-order chi connectivity index (χ1) is 9.94. The van der Waals surface area contributed by atoms with Crippen molar-refractivity contribution in [3.05, 3.63) is 23.8 Å². The SMILES string of the molecule is CCN(C)C(=O)C(C)NC(C)c1ccc(OC)cc1OC. The molecule has 21 heavy (non-hydrogen) atoms. The van der Waals surface area contributed by atoms with E-state index >= 15 is 0 Å². The van der Waals surface area contributed by atoms with Gasteiger partial charge in [0.05, 0.1) is 20.3 Å². The van der Waals surface area contributed by atoms with E-state index in [0.717, 1.165) is 17.1 Å². The van der Waals surface area contributed by atoms with Crippen LogP contribution in [-0.2, 0) is 4.79 Å². The molecule has 1 amide bonds. The van der Waals surface area contributed by atoms with Crippen LogP contribution in [0.3, 0.4) is 0 Å². The minimum Gasteiger partial charge on any atom is -0.497 e. The Morgan fingerprint density at radius 2 is 1.95 bits per heavy atom. The van der Waals surface area contributed by atoms with Crippen LogP contribution in [-0.4, -0.2) is 44.7 Å². The number of methoxy groups -OCH3 is 2. The van der Waals surface area contributed by atoms with Crippen molar-refractivity contribution in [3.63, 3.8) is 0 Å². The minimum atomic E-state index is -0.253. The van der Waals surface area contributed by atoms with Crippen molar-refractivity contribution < 1.29 is 14.3 Å². The van der Waals surface area contributed by atoms with Crippen molar-refractivity contribution in [3.8, 4) is 11.5 Å². The summed E-state index contributed by atoms with van der Waals surface area (Å²) in [7, 11) is 5.06. The number of hydrogen-bond acceptors (Lipinski definition) is 4. The van der Waals surface area contributed by atoms with Crippen LogP contribution in [0.1, 0.15) is 32.4 Å². The van der Waals surface area contributed by atoms with Gasteiger partial charge in [0, 0.05) is 31.3 Å². The number of amides is 1. The summed E-state index contributed by atoms with van der Waals surface area (Å²) in [5.74, 6) is 1.58. The normalized spacial score (nSPS) is 13.4. The highest BCUT2D eigenvalue weighted by Crippen LogP contribution is 2.29. The number of carbonyl (C=O) groups excluding carboxylic acids is 1. The van der Waals surface area contributed by atoms with Crippen LogP contribution >= 0.6 is 0 Å². The zero-order valence-electron chi connectivity index (χ0n) is 13.8. The quantitative estimate of drug-likeness (QED) is 0.838. The average molecular weight is 294 g/mol. The van der Waals surface area contributed by atoms with Crippen LogP contribution in [0.4, 0.5) is 0 Å². The van der Waals surface area contributed by atoms with Gasteiger partial charge in [-0.25, -0.2) is 0 Å². The van der Waals surface area contributed by atoms with Gasteiger partial charge in [0.1, 0.15) is 11.5 Å². The Bertz CT molecular complexity index is 477. The fourth-order valence-electron chi connectivity index (χ4n) is 2.20. The van der Waals surface area contributed by atoms with Gasteiger partial charge in [-0.15, -0.1) is 0 Å². The summed E-state index contributed by atoms with van der Waals surface area (Å²) in [6.07, 6.45) is 0. The second-order valence-electron chi connectivity index (χ2n) is 5.07. The maximum absolute atomic E-state index is 12.1. The molecule has 2 unspecified atom stereocenters. The smallest absolute Gasteiger partial charge is 0.239 e. The molecule has 0 aliphatic carbocycles. The summed E-state index contributed by atoms with van der Waals surface area (Å²) >= 11 is 0. The third kappa shape index (κ3) is 4.36. The van der Waals surface area contributed by atoms with Crippen molar-refractivity contribution in [1.82, 2.24) is 10.2 Å². The fourth-order valence-corrected chi connectivity index (χ4v) is 2.20. The monoisotopic (exact) mass is 294 g/mol. The predicted molar refractivity (Wildman–Crippen MR) is 83.9 cm³/mol. The van der Waals surface area contributed by atoms with E-state index in [2.05, 4.69) is 5.32 Å². The molecule has 2 atom stereocenters. The molecule has 0 spiro atoms. The number of likely N-dealkylation sites (N-methyl/N-ethyl adjacent to an activating group) is 1. The molecule has 1 rings (SSSR count). The van der Waals surface area contributed by atoms with E-state index in [4.69, 9.17) is 9.47 Å². The molecular formula is C16H26N2O3. The average Bonchev–Trinajstić information content (AvgIpc) is 2.52. The molecule has 0 heterocycles. The first kappa shape index (κ1) is 17.3. The standard InChI is InChI=1S/C16H26N2O3/c1-7-18(4)16(19)12(3)17-11(2)14-9-8-13(20-5)10-15(14)21-6/h8-12,17H,7H2,1-6H3. The number of rotatable bonds is 7. The minimum absolute atomic E-state index is 0.00457. The van der Waals surface area contributed by atoms with E-state index in [1.807, 2.05) is 39.0 Å². The molecule has 0 radical (unpaired) electrons. The van der Waals surface area contributed by atoms with Crippen LogP contribution in [0, 0.1) is 0 Å². The van der Waals surface area contributed by atoms with Gasteiger partial charge in [-0.05, 0) is 26.8 Å². The lowest BCUT2D eigenvalue weighted by Crippen LogP contribution is -2.43. The molecule has 5 nitrogen and oxygen atoms in total. The molecule has 0 aliphatic heterocycles. The van der Waals surface area contributed by atoms with E-state index in [9.17, 15) is 4.79 Å². The second kappa shape index (κ2) is 7.88. The van der Waals surface area contributed by atoms with Gasteiger partial charge in [-0.2, -0.15) is 0 Å². The molecule has 1 aromatic carbocycles. The molecule has 0 aromatic heterocycles. The first-order valence-electron chi connectivity index (χ1n) is 7.17. The van der Waals surface area contributed by atoms with Gasteiger partial charge in [0.25, 0.3) is 0 Å². The summed E-state index contributed by atoms with van der Waals surface area (Å²) in [6.45, 7) is 6.55. The van der Waals surface area contributed by atoms with Crippen molar-refractivity contribution in [2.24, 2.45) is 0 Å². The van der Waals surface area contributed by atoms with Crippen molar-refractivity contribution >= 4 is 5.91 Å². The number of carbonyl (C=O) groups is 1. The Balaban J connectivity index is 2.84. The lowest BCUT2D eigenvalue weighted by Gasteiger charge is -2.25. The van der Waals surface area contributed by atoms with Crippen LogP contribution in [0.25, 0.3) is 0 Å². The van der Waals surface area contributed by atoms with Crippen LogP contribution in [0.15, 0.2) is 18.2 Å². The zero-order valence-corrected chi connectivity index (χ0v) is 13.8. The lowest BCUT2D eigenvalue weighted by atomic mass is 10.1. The predicted octanol–water partition coefficient (Wildman–Crippen LogP) is 2.22. The summed E-state index contributed by atoms with van der Waals surface area (Å²) in [5.41, 5.74) is 0.997. The molecule has 0 bridgehead atoms. The second-order valence-corrected chi connectivity index (χ2v) is 5.07. The highest BCUT2D eigenvalue weighted by Gasteiger charge is 2.20. The number of ether oxygens (including phenoxy) is 2. The highest BCUT2D eigenvalue weighted by molar-refractivity contribution is 5.81. The molecule has 0 fully saturated rings. The van der Waals surface area contributed by atoms with Crippen molar-refractivity contribution in [2.75, 3.05) is 27.8 Å². The maximum atomic E-state index is 12.1. The largest absolute Gasteiger partial charge is 0.497 e. The van der Waals surface area contributed by atoms with E-state index < -0.39 is 0 Å². The van der Waals surface area contributed by atoms with Crippen molar-refractivity contribution in [2.45, 2.75) is 32.9 Å². The van der Waals surface area contributed by atoms with E-state index in [1.165, 1.54) is 0 Å². The van der Waals surface area contributed by atoms with E-state index in [-0.39, 0.29) is 18.0 Å². The fraction of sp³-hybridized carbons (Fsp3) is 0.562. The number of nitrogens with one attached hydrogen (secondary N) is 1. The van der Waals surface area contributed by atoms with Crippen LogP contribution < -0.4 is 14.8 Å². The lowest BCUT2D eigenvalue weighted by molar-refractivity contribution is -0.131. The maximum Gasteiger partial charge on any atom is 0.239 e. The van der Waals surface area contributed by atoms with Gasteiger partial charge in [-0.3, -0.25) is 10.1 Å². The molecule has 0 saturated heterocycles. The zero-order chi connectivity index (χ0) is 16.0. The summed E-state index contributed by atoms with van der Waals surface area (Å²) in [5, 5.41) is 3.31. The van der Waals surface area contributed by atoms with Gasteiger partial charge in [-0.1, -0.05) is 6.07 Å². The van der Waals surface area contributed by atoms with Gasteiger partial charge in [0.15, 0.2) is 0 Å². The third-order valence-electron chi connectivity index (χ3n) is 3.63. The first-order valence-corrected chi connectivity index (χ1v) is 7.17. The highest BCUT2D eigenvalue weighted by atomic mass is 16.5. The van der Waals surface area contributed by atoms with Crippen LogP contribution in [0.2, 0.25) is 0 Å². The molecule has 1 N–H and O–H groups in total. The molecule has 1 aromatic rings. The number of benzene rings is 1. The molecule has 0 saturated carbocycles. The third-order valence-corrected chi connectivity index (χ3v) is 3.63. The molecule has 0 aliphatic rings. The van der Waals surface area contributed by atoms with Gasteiger partial charge in [0.2, 0.25) is 5.91 Å². The van der Waals surface area contributed by atoms with Crippen molar-refractivity contribution in [1.29, 1.82) is 0 Å². The number of nitrogens with zero attached hydrogens (tertiary/aromatic N) is 1. The Morgan fingerprint density at radius 3 is 2.48 bits per heavy atom. The van der Waals surface area contributed by atoms with Gasteiger partial charge >= 0.3 is 0 Å². The summed E-state index contributed by atoms with van der Waals surface area (Å²) < 4.78 is 10.6. The van der Waals surface area contributed by atoms with Gasteiger partial charge < -0.3 is 14.4 Å². The number of hydrogen-bond donors (Lipinski definition) is 1. The summed E-state index contributed by atoms with van der Waals surface area (Å²) in [6, 6.07) is 5.43. The Morgan fingerprint density at radius 1 is 1.29 bits per heavy atom. The van der Waals surface area contributed by atoms with E-state index in [1.54, 1.807) is 26.2 Å². The topological polar surface area (TPSA) is 50.8 Å². The van der Waals surface area contributed by atoms with E-state index in [0.29, 0.717) is 6.54 Å².